The van der Waals surface area contributed by atoms with Crippen molar-refractivity contribution in [2.75, 3.05) is 20.2 Å². The number of ketones is 1. The van der Waals surface area contributed by atoms with E-state index in [-0.39, 0.29) is 23.7 Å². The van der Waals surface area contributed by atoms with Gasteiger partial charge in [0.1, 0.15) is 5.78 Å². The van der Waals surface area contributed by atoms with Crippen molar-refractivity contribution in [2.24, 2.45) is 5.92 Å². The Morgan fingerprint density at radius 1 is 1.03 bits per heavy atom. The maximum Gasteiger partial charge on any atom is 0.161 e. The molecule has 0 radical (unpaired) electrons. The molecule has 1 saturated carbocycles. The first-order valence-electron chi connectivity index (χ1n) is 10.8. The third-order valence-corrected chi connectivity index (χ3v) is 6.38. The topological polar surface area (TPSA) is 38.8 Å². The first-order valence-corrected chi connectivity index (χ1v) is 10.8. The van der Waals surface area contributed by atoms with E-state index in [1.165, 1.54) is 24.0 Å². The van der Waals surface area contributed by atoms with Gasteiger partial charge in [-0.05, 0) is 55.9 Å². The van der Waals surface area contributed by atoms with Gasteiger partial charge in [0.25, 0.3) is 0 Å². The number of rotatable bonds is 7. The molecule has 2 fully saturated rings. The minimum Gasteiger partial charge on any atom is -0.493 e. The summed E-state index contributed by atoms with van der Waals surface area (Å²) >= 11 is 0. The van der Waals surface area contributed by atoms with E-state index in [1.807, 2.05) is 12.1 Å². The van der Waals surface area contributed by atoms with Gasteiger partial charge in [-0.1, -0.05) is 36.4 Å². The highest BCUT2D eigenvalue weighted by Gasteiger charge is 2.37. The molecule has 0 aromatic heterocycles. The fraction of sp³-hybridized carbons (Fsp3) is 0.480. The standard InChI is InChI=1S/C25H31NO3/c1-18(27)22-16-26(15-19-8-4-3-5-9-19)17-23(22)20-12-13-24(28-2)25(14-20)29-21-10-6-7-11-21/h3-5,8-9,12-14,21-23H,6-7,10-11,15-17H2,1-2H3/t22-,23-/m0/s1. The van der Waals surface area contributed by atoms with Crippen LogP contribution >= 0.6 is 0 Å². The Hall–Kier alpha value is -2.33. The second kappa shape index (κ2) is 9.00. The van der Waals surface area contributed by atoms with Crippen molar-refractivity contribution >= 4 is 5.78 Å². The highest BCUT2D eigenvalue weighted by atomic mass is 16.5. The van der Waals surface area contributed by atoms with Crippen LogP contribution in [-0.4, -0.2) is 37.0 Å². The number of carbonyl (C=O) groups is 1. The number of carbonyl (C=O) groups excluding carboxylic acids is 1. The molecule has 4 nitrogen and oxygen atoms in total. The van der Waals surface area contributed by atoms with Crippen molar-refractivity contribution in [3.8, 4) is 11.5 Å². The van der Waals surface area contributed by atoms with Gasteiger partial charge in [0, 0.05) is 31.5 Å². The minimum atomic E-state index is 0.0198. The summed E-state index contributed by atoms with van der Waals surface area (Å²) in [5.41, 5.74) is 2.46. The van der Waals surface area contributed by atoms with Gasteiger partial charge < -0.3 is 9.47 Å². The van der Waals surface area contributed by atoms with Crippen LogP contribution in [0.15, 0.2) is 48.5 Å². The van der Waals surface area contributed by atoms with E-state index in [9.17, 15) is 4.79 Å². The number of Topliss-reactive ketones (excluding diaryl/α,β-unsaturated/α-hetero) is 1. The Balaban J connectivity index is 1.55. The summed E-state index contributed by atoms with van der Waals surface area (Å²) in [4.78, 5) is 14.8. The van der Waals surface area contributed by atoms with E-state index in [0.29, 0.717) is 0 Å². The Kier molecular flexibility index (Phi) is 6.19. The number of methoxy groups -OCH3 is 1. The molecule has 0 amide bonds. The van der Waals surface area contributed by atoms with Gasteiger partial charge in [0.2, 0.25) is 0 Å². The molecule has 4 rings (SSSR count). The quantitative estimate of drug-likeness (QED) is 0.676. The van der Waals surface area contributed by atoms with Crippen molar-refractivity contribution in [1.82, 2.24) is 4.90 Å². The Morgan fingerprint density at radius 2 is 1.79 bits per heavy atom. The average molecular weight is 394 g/mol. The molecule has 2 aromatic rings. The molecule has 2 atom stereocenters. The van der Waals surface area contributed by atoms with Crippen molar-refractivity contribution < 1.29 is 14.3 Å². The van der Waals surface area contributed by atoms with E-state index >= 15 is 0 Å². The van der Waals surface area contributed by atoms with Crippen LogP contribution in [0.3, 0.4) is 0 Å². The number of likely N-dealkylation sites (tertiary alicyclic amines) is 1. The molecule has 4 heteroatoms. The Labute approximate surface area is 173 Å². The van der Waals surface area contributed by atoms with Crippen LogP contribution in [0.2, 0.25) is 0 Å². The second-order valence-corrected chi connectivity index (χ2v) is 8.44. The number of nitrogens with zero attached hydrogens (tertiary/aromatic N) is 1. The fourth-order valence-corrected chi connectivity index (χ4v) is 4.81. The largest absolute Gasteiger partial charge is 0.493 e. The smallest absolute Gasteiger partial charge is 0.161 e. The summed E-state index contributed by atoms with van der Waals surface area (Å²) in [5, 5.41) is 0. The summed E-state index contributed by atoms with van der Waals surface area (Å²) in [6, 6.07) is 16.7. The molecular formula is C25H31NO3. The predicted molar refractivity (Wildman–Crippen MR) is 115 cm³/mol. The number of hydrogen-bond acceptors (Lipinski definition) is 4. The summed E-state index contributed by atoms with van der Waals surface area (Å²) < 4.78 is 11.8. The lowest BCUT2D eigenvalue weighted by molar-refractivity contribution is -0.120. The van der Waals surface area contributed by atoms with E-state index in [4.69, 9.17) is 9.47 Å². The van der Waals surface area contributed by atoms with Gasteiger partial charge in [-0.25, -0.2) is 0 Å². The van der Waals surface area contributed by atoms with Crippen molar-refractivity contribution in [3.63, 3.8) is 0 Å². The monoisotopic (exact) mass is 393 g/mol. The molecule has 1 heterocycles. The number of hydrogen-bond donors (Lipinski definition) is 0. The molecule has 2 aromatic carbocycles. The molecule has 1 aliphatic carbocycles. The van der Waals surface area contributed by atoms with Gasteiger partial charge in [0.15, 0.2) is 11.5 Å². The molecule has 1 aliphatic heterocycles. The van der Waals surface area contributed by atoms with Crippen LogP contribution in [0.4, 0.5) is 0 Å². The van der Waals surface area contributed by atoms with Crippen LogP contribution < -0.4 is 9.47 Å². The first-order chi connectivity index (χ1) is 14.1. The van der Waals surface area contributed by atoms with Crippen LogP contribution in [0.5, 0.6) is 11.5 Å². The highest BCUT2D eigenvalue weighted by Crippen LogP contribution is 2.39. The lowest BCUT2D eigenvalue weighted by atomic mass is 9.86. The van der Waals surface area contributed by atoms with E-state index < -0.39 is 0 Å². The van der Waals surface area contributed by atoms with E-state index in [1.54, 1.807) is 14.0 Å². The maximum absolute atomic E-state index is 12.4. The first kappa shape index (κ1) is 20.0. The van der Waals surface area contributed by atoms with Crippen LogP contribution in [0.25, 0.3) is 0 Å². The molecular weight excluding hydrogens is 362 g/mol. The highest BCUT2D eigenvalue weighted by molar-refractivity contribution is 5.80. The summed E-state index contributed by atoms with van der Waals surface area (Å²) in [6.45, 7) is 4.29. The molecule has 0 bridgehead atoms. The number of benzene rings is 2. The second-order valence-electron chi connectivity index (χ2n) is 8.44. The van der Waals surface area contributed by atoms with Gasteiger partial charge >= 0.3 is 0 Å². The third-order valence-electron chi connectivity index (χ3n) is 6.38. The zero-order valence-corrected chi connectivity index (χ0v) is 17.5. The van der Waals surface area contributed by atoms with E-state index in [0.717, 1.165) is 44.0 Å². The lowest BCUT2D eigenvalue weighted by Crippen LogP contribution is -2.22. The summed E-state index contributed by atoms with van der Waals surface area (Å²) in [5.74, 6) is 2.07. The van der Waals surface area contributed by atoms with Crippen LogP contribution in [0, 0.1) is 5.92 Å². The SMILES string of the molecule is COc1ccc([C@@H]2CN(Cc3ccccc3)C[C@H]2C(C)=O)cc1OC1CCCC1. The molecule has 0 unspecified atom stereocenters. The molecule has 0 spiro atoms. The molecule has 2 aliphatic rings. The summed E-state index contributed by atoms with van der Waals surface area (Å²) in [6.07, 6.45) is 4.96. The average Bonchev–Trinajstić information content (AvgIpc) is 3.39. The Morgan fingerprint density at radius 3 is 2.48 bits per heavy atom. The summed E-state index contributed by atoms with van der Waals surface area (Å²) in [7, 11) is 1.69. The zero-order valence-electron chi connectivity index (χ0n) is 17.5. The van der Waals surface area contributed by atoms with Gasteiger partial charge in [-0.3, -0.25) is 9.69 Å². The zero-order chi connectivity index (χ0) is 20.2. The van der Waals surface area contributed by atoms with Crippen molar-refractivity contribution in [1.29, 1.82) is 0 Å². The molecule has 0 N–H and O–H groups in total. The Bertz CT molecular complexity index is 829. The van der Waals surface area contributed by atoms with E-state index in [2.05, 4.69) is 41.3 Å². The number of ether oxygens (including phenoxy) is 2. The molecule has 1 saturated heterocycles. The minimum absolute atomic E-state index is 0.0198. The van der Waals surface area contributed by atoms with Crippen LogP contribution in [0.1, 0.15) is 49.7 Å². The van der Waals surface area contributed by atoms with Crippen molar-refractivity contribution in [3.05, 3.63) is 59.7 Å². The molecule has 154 valence electrons. The normalized spacial score (nSPS) is 22.7. The van der Waals surface area contributed by atoms with Gasteiger partial charge in [0.05, 0.1) is 13.2 Å². The van der Waals surface area contributed by atoms with Gasteiger partial charge in [-0.15, -0.1) is 0 Å². The third kappa shape index (κ3) is 4.64. The fourth-order valence-electron chi connectivity index (χ4n) is 4.81. The maximum atomic E-state index is 12.4. The van der Waals surface area contributed by atoms with Gasteiger partial charge in [-0.2, -0.15) is 0 Å². The lowest BCUT2D eigenvalue weighted by Gasteiger charge is -2.21. The predicted octanol–water partition coefficient (Wildman–Crippen LogP) is 4.82. The van der Waals surface area contributed by atoms with Crippen molar-refractivity contribution in [2.45, 2.75) is 51.2 Å². The molecule has 29 heavy (non-hydrogen) atoms. The van der Waals surface area contributed by atoms with Crippen LogP contribution in [-0.2, 0) is 11.3 Å².